The predicted octanol–water partition coefficient (Wildman–Crippen LogP) is 1.85. The van der Waals surface area contributed by atoms with Crippen molar-refractivity contribution in [3.63, 3.8) is 0 Å². The Morgan fingerprint density at radius 2 is 1.87 bits per heavy atom. The van der Waals surface area contributed by atoms with E-state index in [1.165, 1.54) is 16.9 Å². The van der Waals surface area contributed by atoms with Crippen LogP contribution in [-0.2, 0) is 4.79 Å². The van der Waals surface area contributed by atoms with Crippen LogP contribution in [0.4, 0.5) is 10.5 Å². The molecule has 164 valence electrons. The van der Waals surface area contributed by atoms with Gasteiger partial charge in [0.2, 0.25) is 0 Å². The number of nitrogens with one attached hydrogen (secondary N) is 2. The van der Waals surface area contributed by atoms with Crippen LogP contribution >= 0.6 is 15.9 Å². The number of rotatable bonds is 6. The average Bonchev–Trinajstić information content (AvgIpc) is 3.22. The van der Waals surface area contributed by atoms with E-state index in [1.54, 1.807) is 42.5 Å². The summed E-state index contributed by atoms with van der Waals surface area (Å²) in [4.78, 5) is 41.7. The molecule has 4 amide bonds. The first-order chi connectivity index (χ1) is 14.9. The Balaban J connectivity index is 1.84. The summed E-state index contributed by atoms with van der Waals surface area (Å²) in [5, 5.41) is 5.46. The molecule has 1 aliphatic rings. The molecule has 0 saturated carbocycles. The second-order valence-electron chi connectivity index (χ2n) is 6.82. The molecule has 2 aromatic rings. The van der Waals surface area contributed by atoms with Crippen molar-refractivity contribution in [2.45, 2.75) is 6.17 Å². The molecule has 1 saturated heterocycles. The number of amides is 4. The normalized spacial score (nSPS) is 15.5. The van der Waals surface area contributed by atoms with Crippen molar-refractivity contribution in [3.8, 4) is 5.75 Å². The molecule has 1 heterocycles. The van der Waals surface area contributed by atoms with E-state index in [9.17, 15) is 14.4 Å². The Labute approximate surface area is 188 Å². The fourth-order valence-corrected chi connectivity index (χ4v) is 3.71. The molecule has 0 aromatic heterocycles. The highest BCUT2D eigenvalue weighted by Gasteiger charge is 2.43. The van der Waals surface area contributed by atoms with E-state index in [-0.39, 0.29) is 32.1 Å². The number of hydrogen-bond donors (Lipinski definition) is 3. The maximum absolute atomic E-state index is 13.2. The number of carbonyl (C=O) groups is 3. The second kappa shape index (κ2) is 10.3. The Morgan fingerprint density at radius 1 is 1.13 bits per heavy atom. The number of carbonyl (C=O) groups excluding carboxylic acids is 3. The van der Waals surface area contributed by atoms with Crippen LogP contribution in [0.5, 0.6) is 5.75 Å². The third kappa shape index (κ3) is 5.33. The van der Waals surface area contributed by atoms with Gasteiger partial charge >= 0.3 is 6.03 Å². The summed E-state index contributed by atoms with van der Waals surface area (Å²) in [5.41, 5.74) is 6.43. The lowest BCUT2D eigenvalue weighted by Crippen LogP contribution is -2.55. The number of urea groups is 1. The van der Waals surface area contributed by atoms with E-state index in [4.69, 9.17) is 10.5 Å². The molecule has 10 heteroatoms. The van der Waals surface area contributed by atoms with Crippen LogP contribution in [-0.4, -0.2) is 67.1 Å². The molecule has 9 nitrogen and oxygen atoms in total. The predicted molar refractivity (Wildman–Crippen MR) is 120 cm³/mol. The van der Waals surface area contributed by atoms with E-state index in [0.717, 1.165) is 4.47 Å². The van der Waals surface area contributed by atoms with Crippen molar-refractivity contribution in [1.82, 2.24) is 15.1 Å². The molecule has 1 unspecified atom stereocenters. The largest absolute Gasteiger partial charge is 0.497 e. The summed E-state index contributed by atoms with van der Waals surface area (Å²) in [6, 6.07) is 13.3. The van der Waals surface area contributed by atoms with E-state index >= 15 is 0 Å². The monoisotopic (exact) mass is 489 g/mol. The van der Waals surface area contributed by atoms with Crippen LogP contribution in [0, 0.1) is 0 Å². The fourth-order valence-electron chi connectivity index (χ4n) is 3.31. The number of ether oxygens (including phenoxy) is 1. The van der Waals surface area contributed by atoms with Crippen LogP contribution in [0.1, 0.15) is 10.4 Å². The molecule has 0 radical (unpaired) electrons. The van der Waals surface area contributed by atoms with Gasteiger partial charge in [-0.3, -0.25) is 14.5 Å². The number of nitrogens with two attached hydrogens (primary N) is 1. The van der Waals surface area contributed by atoms with E-state index in [0.29, 0.717) is 17.0 Å². The molecular formula is C21H24BrN5O4. The summed E-state index contributed by atoms with van der Waals surface area (Å²) in [6.45, 7) is 0.892. The highest BCUT2D eigenvalue weighted by atomic mass is 79.9. The molecule has 2 aromatic carbocycles. The summed E-state index contributed by atoms with van der Waals surface area (Å²) in [5.74, 6) is -0.313. The molecule has 1 fully saturated rings. The highest BCUT2D eigenvalue weighted by molar-refractivity contribution is 9.10. The van der Waals surface area contributed by atoms with Crippen molar-refractivity contribution in [2.75, 3.05) is 38.6 Å². The first-order valence-corrected chi connectivity index (χ1v) is 10.5. The zero-order valence-electron chi connectivity index (χ0n) is 17.0. The molecule has 31 heavy (non-hydrogen) atoms. The molecule has 0 spiro atoms. The molecule has 0 aliphatic carbocycles. The van der Waals surface area contributed by atoms with Gasteiger partial charge in [0.05, 0.1) is 7.11 Å². The lowest BCUT2D eigenvalue weighted by atomic mass is 10.2. The van der Waals surface area contributed by atoms with Crippen LogP contribution in [0.2, 0.25) is 0 Å². The van der Waals surface area contributed by atoms with E-state index < -0.39 is 18.1 Å². The molecule has 3 rings (SSSR count). The Hall–Kier alpha value is -3.11. The van der Waals surface area contributed by atoms with Gasteiger partial charge in [0, 0.05) is 41.9 Å². The van der Waals surface area contributed by atoms with Gasteiger partial charge in [0.1, 0.15) is 5.75 Å². The standard InChI is InChI=1S/C21H24BrN5O4/c1-31-17-7-2-4-14(12-17)20(29)26-10-11-27(19(26)18(28)24-9-8-23)21(30)25-16-6-3-5-15(22)13-16/h2-7,12-13,19H,8-11,23H2,1H3,(H,24,28)(H,25,30). The number of halogens is 1. The third-order valence-electron chi connectivity index (χ3n) is 4.76. The van der Waals surface area contributed by atoms with Crippen molar-refractivity contribution < 1.29 is 19.1 Å². The first kappa shape index (κ1) is 22.6. The third-order valence-corrected chi connectivity index (χ3v) is 5.26. The zero-order chi connectivity index (χ0) is 22.4. The summed E-state index contributed by atoms with van der Waals surface area (Å²) < 4.78 is 5.99. The SMILES string of the molecule is COc1cccc(C(=O)N2CCN(C(=O)Nc3cccc(Br)c3)C2C(=O)NCCN)c1. The van der Waals surface area contributed by atoms with Gasteiger partial charge in [-0.1, -0.05) is 28.1 Å². The number of nitrogens with zero attached hydrogens (tertiary/aromatic N) is 2. The summed E-state index contributed by atoms with van der Waals surface area (Å²) in [7, 11) is 1.51. The van der Waals surface area contributed by atoms with Gasteiger partial charge in [-0.05, 0) is 36.4 Å². The highest BCUT2D eigenvalue weighted by Crippen LogP contribution is 2.23. The fraction of sp³-hybridized carbons (Fsp3) is 0.286. The second-order valence-corrected chi connectivity index (χ2v) is 7.73. The van der Waals surface area contributed by atoms with Gasteiger partial charge in [-0.15, -0.1) is 0 Å². The van der Waals surface area contributed by atoms with Crippen LogP contribution in [0.25, 0.3) is 0 Å². The quantitative estimate of drug-likeness (QED) is 0.572. The van der Waals surface area contributed by atoms with Crippen molar-refractivity contribution in [3.05, 3.63) is 58.6 Å². The topological polar surface area (TPSA) is 117 Å². The summed E-state index contributed by atoms with van der Waals surface area (Å²) in [6.07, 6.45) is -1.10. The van der Waals surface area contributed by atoms with E-state index in [2.05, 4.69) is 26.6 Å². The minimum absolute atomic E-state index is 0.205. The maximum Gasteiger partial charge on any atom is 0.323 e. The van der Waals surface area contributed by atoms with Crippen LogP contribution in [0.15, 0.2) is 53.0 Å². The Kier molecular flexibility index (Phi) is 7.48. The Morgan fingerprint density at radius 3 is 2.58 bits per heavy atom. The zero-order valence-corrected chi connectivity index (χ0v) is 18.6. The summed E-state index contributed by atoms with van der Waals surface area (Å²) >= 11 is 3.36. The lowest BCUT2D eigenvalue weighted by molar-refractivity contribution is -0.127. The van der Waals surface area contributed by atoms with E-state index in [1.807, 2.05) is 6.07 Å². The minimum Gasteiger partial charge on any atom is -0.497 e. The molecule has 0 bridgehead atoms. The van der Waals surface area contributed by atoms with Gasteiger partial charge in [0.15, 0.2) is 6.17 Å². The first-order valence-electron chi connectivity index (χ1n) is 9.70. The Bertz CT molecular complexity index is 970. The molecule has 4 N–H and O–H groups in total. The van der Waals surface area contributed by atoms with Gasteiger partial charge in [0.25, 0.3) is 11.8 Å². The van der Waals surface area contributed by atoms with Gasteiger partial charge in [-0.2, -0.15) is 0 Å². The minimum atomic E-state index is -1.10. The average molecular weight is 490 g/mol. The smallest absolute Gasteiger partial charge is 0.323 e. The number of anilines is 1. The van der Waals surface area contributed by atoms with Crippen molar-refractivity contribution >= 4 is 39.5 Å². The maximum atomic E-state index is 13.2. The van der Waals surface area contributed by atoms with Crippen molar-refractivity contribution in [1.29, 1.82) is 0 Å². The number of benzene rings is 2. The molecule has 1 atom stereocenters. The van der Waals surface area contributed by atoms with Gasteiger partial charge < -0.3 is 26.0 Å². The van der Waals surface area contributed by atoms with Crippen LogP contribution in [0.3, 0.4) is 0 Å². The number of methoxy groups -OCH3 is 1. The van der Waals surface area contributed by atoms with Crippen LogP contribution < -0.4 is 21.1 Å². The number of hydrogen-bond acceptors (Lipinski definition) is 5. The van der Waals surface area contributed by atoms with Gasteiger partial charge in [-0.25, -0.2) is 4.79 Å². The van der Waals surface area contributed by atoms with Crippen molar-refractivity contribution in [2.24, 2.45) is 5.73 Å². The molecular weight excluding hydrogens is 466 g/mol. The molecule has 1 aliphatic heterocycles. The lowest BCUT2D eigenvalue weighted by Gasteiger charge is -2.29.